The lowest BCUT2D eigenvalue weighted by Gasteiger charge is -2.12. The van der Waals surface area contributed by atoms with Crippen molar-refractivity contribution in [3.63, 3.8) is 0 Å². The molecule has 0 spiro atoms. The molecule has 0 heterocycles. The van der Waals surface area contributed by atoms with Gasteiger partial charge in [0, 0.05) is 6.07 Å². The van der Waals surface area contributed by atoms with E-state index in [9.17, 15) is 8.42 Å². The fourth-order valence-electron chi connectivity index (χ4n) is 1.42. The number of ether oxygens (including phenoxy) is 2. The van der Waals surface area contributed by atoms with Gasteiger partial charge in [-0.25, -0.2) is 8.42 Å². The van der Waals surface area contributed by atoms with Crippen LogP contribution in [0.2, 0.25) is 0 Å². The Morgan fingerprint density at radius 2 is 2.06 bits per heavy atom. The molecule has 0 aliphatic heterocycles. The van der Waals surface area contributed by atoms with Crippen molar-refractivity contribution in [1.82, 2.24) is 0 Å². The Morgan fingerprint density at radius 1 is 1.35 bits per heavy atom. The average molecular weight is 257 g/mol. The van der Waals surface area contributed by atoms with Gasteiger partial charge in [0.1, 0.15) is 11.5 Å². The van der Waals surface area contributed by atoms with E-state index in [0.717, 1.165) is 19.1 Å². The molecule has 1 aliphatic carbocycles. The van der Waals surface area contributed by atoms with Crippen LogP contribution in [0.5, 0.6) is 11.5 Å². The summed E-state index contributed by atoms with van der Waals surface area (Å²) < 4.78 is 35.5. The van der Waals surface area contributed by atoms with Crippen LogP contribution < -0.4 is 14.2 Å². The van der Waals surface area contributed by atoms with Crippen molar-refractivity contribution < 1.29 is 17.9 Å². The SMILES string of the molecule is COc1ccc(OC2CC2)cc1NS(C)(=O)=O. The van der Waals surface area contributed by atoms with Crippen LogP contribution in [0.15, 0.2) is 18.2 Å². The molecule has 1 aliphatic rings. The van der Waals surface area contributed by atoms with Gasteiger partial charge in [0.05, 0.1) is 25.2 Å². The van der Waals surface area contributed by atoms with Crippen molar-refractivity contribution in [2.45, 2.75) is 18.9 Å². The van der Waals surface area contributed by atoms with E-state index in [0.29, 0.717) is 17.2 Å². The van der Waals surface area contributed by atoms with Crippen molar-refractivity contribution in [1.29, 1.82) is 0 Å². The highest BCUT2D eigenvalue weighted by molar-refractivity contribution is 7.92. The first-order chi connectivity index (χ1) is 7.98. The van der Waals surface area contributed by atoms with Gasteiger partial charge in [-0.1, -0.05) is 0 Å². The number of hydrogen-bond donors (Lipinski definition) is 1. The summed E-state index contributed by atoms with van der Waals surface area (Å²) in [5.74, 6) is 1.12. The van der Waals surface area contributed by atoms with E-state index in [1.807, 2.05) is 0 Å². The van der Waals surface area contributed by atoms with Crippen LogP contribution in [0, 0.1) is 0 Å². The standard InChI is InChI=1S/C11H15NO4S/c1-15-11-6-5-9(16-8-3-4-8)7-10(11)12-17(2,13)14/h5-8,12H,3-4H2,1-2H3. The van der Waals surface area contributed by atoms with Crippen molar-refractivity contribution in [3.05, 3.63) is 18.2 Å². The third-order valence-corrected chi connectivity index (χ3v) is 2.88. The highest BCUT2D eigenvalue weighted by Gasteiger charge is 2.24. The summed E-state index contributed by atoms with van der Waals surface area (Å²) in [7, 11) is -1.83. The van der Waals surface area contributed by atoms with Crippen LogP contribution >= 0.6 is 0 Å². The summed E-state index contributed by atoms with van der Waals surface area (Å²) in [5, 5.41) is 0. The first-order valence-corrected chi connectivity index (χ1v) is 7.19. The van der Waals surface area contributed by atoms with Gasteiger partial charge in [-0.2, -0.15) is 0 Å². The van der Waals surface area contributed by atoms with Gasteiger partial charge < -0.3 is 9.47 Å². The maximum absolute atomic E-state index is 11.2. The third kappa shape index (κ3) is 3.52. The minimum atomic E-state index is -3.32. The molecule has 94 valence electrons. The number of nitrogens with one attached hydrogen (secondary N) is 1. The first-order valence-electron chi connectivity index (χ1n) is 5.30. The number of anilines is 1. The van der Waals surface area contributed by atoms with Gasteiger partial charge in [-0.3, -0.25) is 4.72 Å². The van der Waals surface area contributed by atoms with E-state index in [1.165, 1.54) is 7.11 Å². The zero-order valence-electron chi connectivity index (χ0n) is 9.76. The highest BCUT2D eigenvalue weighted by Crippen LogP contribution is 2.33. The largest absolute Gasteiger partial charge is 0.495 e. The minimum Gasteiger partial charge on any atom is -0.495 e. The predicted molar refractivity (Wildman–Crippen MR) is 65.1 cm³/mol. The van der Waals surface area contributed by atoms with Gasteiger partial charge in [-0.15, -0.1) is 0 Å². The molecule has 0 unspecified atom stereocenters. The predicted octanol–water partition coefficient (Wildman–Crippen LogP) is 1.61. The van der Waals surface area contributed by atoms with E-state index in [4.69, 9.17) is 9.47 Å². The molecule has 1 fully saturated rings. The van der Waals surface area contributed by atoms with E-state index < -0.39 is 10.0 Å². The summed E-state index contributed by atoms with van der Waals surface area (Å²) in [6.07, 6.45) is 3.48. The molecule has 0 radical (unpaired) electrons. The molecule has 0 amide bonds. The van der Waals surface area contributed by atoms with Crippen LogP contribution in [0.3, 0.4) is 0 Å². The van der Waals surface area contributed by atoms with Crippen LogP contribution in [0.4, 0.5) is 5.69 Å². The molecule has 17 heavy (non-hydrogen) atoms. The zero-order valence-corrected chi connectivity index (χ0v) is 10.6. The lowest BCUT2D eigenvalue weighted by molar-refractivity contribution is 0.303. The molecule has 0 bridgehead atoms. The molecule has 1 aromatic carbocycles. The number of hydrogen-bond acceptors (Lipinski definition) is 4. The number of benzene rings is 1. The lowest BCUT2D eigenvalue weighted by Crippen LogP contribution is -2.10. The van der Waals surface area contributed by atoms with Crippen LogP contribution in [-0.2, 0) is 10.0 Å². The summed E-state index contributed by atoms with van der Waals surface area (Å²) in [4.78, 5) is 0. The average Bonchev–Trinajstić information content (AvgIpc) is 3.00. The lowest BCUT2D eigenvalue weighted by atomic mass is 10.3. The number of methoxy groups -OCH3 is 1. The molecular formula is C11H15NO4S. The van der Waals surface area contributed by atoms with Gasteiger partial charge >= 0.3 is 0 Å². The molecule has 2 rings (SSSR count). The smallest absolute Gasteiger partial charge is 0.229 e. The highest BCUT2D eigenvalue weighted by atomic mass is 32.2. The molecule has 0 aromatic heterocycles. The van der Waals surface area contributed by atoms with Crippen LogP contribution in [-0.4, -0.2) is 27.9 Å². The summed E-state index contributed by atoms with van der Waals surface area (Å²) in [6, 6.07) is 5.09. The fourth-order valence-corrected chi connectivity index (χ4v) is 1.98. The van der Waals surface area contributed by atoms with Gasteiger partial charge in [0.2, 0.25) is 10.0 Å². The number of sulfonamides is 1. The molecule has 1 N–H and O–H groups in total. The minimum absolute atomic E-state index is 0.273. The zero-order chi connectivity index (χ0) is 12.5. The summed E-state index contributed by atoms with van der Waals surface area (Å²) >= 11 is 0. The van der Waals surface area contributed by atoms with E-state index in [-0.39, 0.29) is 6.10 Å². The molecule has 0 saturated heterocycles. The Kier molecular flexibility index (Phi) is 3.15. The second-order valence-electron chi connectivity index (χ2n) is 4.05. The molecule has 6 heteroatoms. The Hall–Kier alpha value is -1.43. The second kappa shape index (κ2) is 4.44. The third-order valence-electron chi connectivity index (χ3n) is 2.29. The van der Waals surface area contributed by atoms with Gasteiger partial charge in [-0.05, 0) is 25.0 Å². The Morgan fingerprint density at radius 3 is 2.59 bits per heavy atom. The van der Waals surface area contributed by atoms with Crippen LogP contribution in [0.1, 0.15) is 12.8 Å². The van der Waals surface area contributed by atoms with Gasteiger partial charge in [0.25, 0.3) is 0 Å². The van der Waals surface area contributed by atoms with E-state index in [2.05, 4.69) is 4.72 Å². The van der Waals surface area contributed by atoms with Gasteiger partial charge in [0.15, 0.2) is 0 Å². The molecule has 5 nitrogen and oxygen atoms in total. The fraction of sp³-hybridized carbons (Fsp3) is 0.455. The quantitative estimate of drug-likeness (QED) is 0.870. The van der Waals surface area contributed by atoms with Crippen molar-refractivity contribution >= 4 is 15.7 Å². The maximum atomic E-state index is 11.2. The summed E-state index contributed by atoms with van der Waals surface area (Å²) in [5.41, 5.74) is 0.396. The Labute approximate surface area is 101 Å². The Bertz CT molecular complexity index is 508. The van der Waals surface area contributed by atoms with Crippen molar-refractivity contribution in [2.75, 3.05) is 18.1 Å². The topological polar surface area (TPSA) is 64.6 Å². The monoisotopic (exact) mass is 257 g/mol. The van der Waals surface area contributed by atoms with Crippen LogP contribution in [0.25, 0.3) is 0 Å². The van der Waals surface area contributed by atoms with Crippen molar-refractivity contribution in [2.24, 2.45) is 0 Å². The molecule has 0 atom stereocenters. The Balaban J connectivity index is 2.24. The molecule has 1 aromatic rings. The summed E-state index contributed by atoms with van der Waals surface area (Å²) in [6.45, 7) is 0. The van der Waals surface area contributed by atoms with Crippen molar-refractivity contribution in [3.8, 4) is 11.5 Å². The normalized spacial score (nSPS) is 15.4. The maximum Gasteiger partial charge on any atom is 0.229 e. The number of rotatable bonds is 5. The molecule has 1 saturated carbocycles. The van der Waals surface area contributed by atoms with E-state index >= 15 is 0 Å². The second-order valence-corrected chi connectivity index (χ2v) is 5.80. The van der Waals surface area contributed by atoms with E-state index in [1.54, 1.807) is 18.2 Å². The molecular weight excluding hydrogens is 242 g/mol. The first kappa shape index (κ1) is 12.0.